The molecule has 3 N–H and O–H groups in total. The Morgan fingerprint density at radius 3 is 2.67 bits per heavy atom. The summed E-state index contributed by atoms with van der Waals surface area (Å²) in [6.07, 6.45) is 3.63. The molecule has 1 aromatic heterocycles. The van der Waals surface area contributed by atoms with Gasteiger partial charge in [-0.05, 0) is 18.1 Å². The summed E-state index contributed by atoms with van der Waals surface area (Å²) in [5.74, 6) is 0.791. The molecule has 0 aliphatic rings. The summed E-state index contributed by atoms with van der Waals surface area (Å²) in [4.78, 5) is 16.3. The third-order valence-corrected chi connectivity index (χ3v) is 3.23. The standard InChI is InChI=1S/C15H20N4O.ClH/c1-10(2)13(16)15(20)18-12-6-4-5-11(9-12)14-17-7-8-19(14)3;/h4-10,13H,16H2,1-3H3,(H,18,20);1H/t13-;/m0./s1. The highest BCUT2D eigenvalue weighted by Crippen LogP contribution is 2.20. The minimum Gasteiger partial charge on any atom is -0.334 e. The molecule has 0 radical (unpaired) electrons. The summed E-state index contributed by atoms with van der Waals surface area (Å²) in [5.41, 5.74) is 7.52. The predicted molar refractivity (Wildman–Crippen MR) is 87.3 cm³/mol. The van der Waals surface area contributed by atoms with Crippen LogP contribution in [0.1, 0.15) is 13.8 Å². The minimum atomic E-state index is -0.508. The van der Waals surface area contributed by atoms with Gasteiger partial charge in [0.05, 0.1) is 6.04 Å². The van der Waals surface area contributed by atoms with E-state index < -0.39 is 6.04 Å². The van der Waals surface area contributed by atoms with E-state index >= 15 is 0 Å². The van der Waals surface area contributed by atoms with Crippen molar-refractivity contribution in [3.05, 3.63) is 36.7 Å². The SMILES string of the molecule is CC(C)[C@H](N)C(=O)Nc1cccc(-c2nccn2C)c1.Cl. The predicted octanol–water partition coefficient (Wildman–Crippen LogP) is 2.43. The van der Waals surface area contributed by atoms with Crippen molar-refractivity contribution in [2.24, 2.45) is 18.7 Å². The van der Waals surface area contributed by atoms with Gasteiger partial charge in [0.25, 0.3) is 0 Å². The molecule has 0 unspecified atom stereocenters. The number of anilines is 1. The number of imidazole rings is 1. The zero-order chi connectivity index (χ0) is 14.7. The Hall–Kier alpha value is -1.85. The lowest BCUT2D eigenvalue weighted by molar-refractivity contribution is -0.118. The number of benzene rings is 1. The molecule has 21 heavy (non-hydrogen) atoms. The Labute approximate surface area is 131 Å². The second-order valence-corrected chi connectivity index (χ2v) is 5.20. The number of amides is 1. The lowest BCUT2D eigenvalue weighted by Crippen LogP contribution is -2.39. The average molecular weight is 309 g/mol. The van der Waals surface area contributed by atoms with Crippen molar-refractivity contribution < 1.29 is 4.79 Å². The van der Waals surface area contributed by atoms with Crippen LogP contribution in [0.25, 0.3) is 11.4 Å². The van der Waals surface area contributed by atoms with Gasteiger partial charge in [-0.2, -0.15) is 0 Å². The van der Waals surface area contributed by atoms with Crippen LogP contribution in [-0.2, 0) is 11.8 Å². The van der Waals surface area contributed by atoms with Crippen molar-refractivity contribution in [2.45, 2.75) is 19.9 Å². The molecule has 0 saturated heterocycles. The van der Waals surface area contributed by atoms with Crippen LogP contribution in [-0.4, -0.2) is 21.5 Å². The number of aryl methyl sites for hydroxylation is 1. The number of aromatic nitrogens is 2. The Bertz CT molecular complexity index is 609. The molecule has 2 aromatic rings. The molecule has 0 saturated carbocycles. The number of carbonyl (C=O) groups is 1. The van der Waals surface area contributed by atoms with Crippen LogP contribution in [0.3, 0.4) is 0 Å². The minimum absolute atomic E-state index is 0. The molecule has 0 spiro atoms. The van der Waals surface area contributed by atoms with Crippen LogP contribution in [0.5, 0.6) is 0 Å². The van der Waals surface area contributed by atoms with Crippen molar-refractivity contribution in [3.8, 4) is 11.4 Å². The molecule has 0 bridgehead atoms. The number of hydrogen-bond donors (Lipinski definition) is 2. The molecule has 1 heterocycles. The van der Waals surface area contributed by atoms with Gasteiger partial charge in [-0.15, -0.1) is 12.4 Å². The quantitative estimate of drug-likeness (QED) is 0.911. The second-order valence-electron chi connectivity index (χ2n) is 5.20. The van der Waals surface area contributed by atoms with Gasteiger partial charge in [0.15, 0.2) is 0 Å². The topological polar surface area (TPSA) is 72.9 Å². The van der Waals surface area contributed by atoms with Gasteiger partial charge < -0.3 is 15.6 Å². The van der Waals surface area contributed by atoms with Gasteiger partial charge in [0.1, 0.15) is 5.82 Å². The molecule has 1 amide bonds. The largest absolute Gasteiger partial charge is 0.334 e. The summed E-state index contributed by atoms with van der Waals surface area (Å²) >= 11 is 0. The fraction of sp³-hybridized carbons (Fsp3) is 0.333. The number of nitrogens with zero attached hydrogens (tertiary/aromatic N) is 2. The Kier molecular flexibility index (Phi) is 5.93. The first-order chi connectivity index (χ1) is 9.49. The molecule has 2 rings (SSSR count). The molecular formula is C15H21ClN4O. The summed E-state index contributed by atoms with van der Waals surface area (Å²) in [5, 5.41) is 2.84. The van der Waals surface area contributed by atoms with E-state index in [1.807, 2.05) is 55.9 Å². The molecule has 0 aliphatic heterocycles. The summed E-state index contributed by atoms with van der Waals surface area (Å²) in [6.45, 7) is 3.85. The highest BCUT2D eigenvalue weighted by Gasteiger charge is 2.17. The summed E-state index contributed by atoms with van der Waals surface area (Å²) < 4.78 is 1.93. The van der Waals surface area contributed by atoms with Crippen molar-refractivity contribution in [2.75, 3.05) is 5.32 Å². The third kappa shape index (κ3) is 4.06. The van der Waals surface area contributed by atoms with E-state index in [-0.39, 0.29) is 24.2 Å². The van der Waals surface area contributed by atoms with Gasteiger partial charge >= 0.3 is 0 Å². The summed E-state index contributed by atoms with van der Waals surface area (Å²) in [6, 6.07) is 7.08. The summed E-state index contributed by atoms with van der Waals surface area (Å²) in [7, 11) is 1.93. The van der Waals surface area contributed by atoms with Crippen LogP contribution in [0.2, 0.25) is 0 Å². The van der Waals surface area contributed by atoms with Gasteiger partial charge in [-0.1, -0.05) is 26.0 Å². The van der Waals surface area contributed by atoms with Gasteiger partial charge in [0, 0.05) is 30.7 Å². The first kappa shape index (κ1) is 17.2. The lowest BCUT2D eigenvalue weighted by Gasteiger charge is -2.15. The Morgan fingerprint density at radius 1 is 1.38 bits per heavy atom. The van der Waals surface area contributed by atoms with Crippen LogP contribution >= 0.6 is 12.4 Å². The molecule has 0 fully saturated rings. The van der Waals surface area contributed by atoms with Crippen molar-refractivity contribution in [3.63, 3.8) is 0 Å². The van der Waals surface area contributed by atoms with E-state index in [0.29, 0.717) is 0 Å². The fourth-order valence-electron chi connectivity index (χ4n) is 1.91. The van der Waals surface area contributed by atoms with Crippen LogP contribution in [0.15, 0.2) is 36.7 Å². The van der Waals surface area contributed by atoms with Gasteiger partial charge in [0.2, 0.25) is 5.91 Å². The van der Waals surface area contributed by atoms with E-state index in [1.165, 1.54) is 0 Å². The monoisotopic (exact) mass is 308 g/mol. The van der Waals surface area contributed by atoms with E-state index in [1.54, 1.807) is 6.20 Å². The Morgan fingerprint density at radius 2 is 2.10 bits per heavy atom. The van der Waals surface area contributed by atoms with Crippen molar-refractivity contribution in [1.29, 1.82) is 0 Å². The second kappa shape index (κ2) is 7.24. The fourth-order valence-corrected chi connectivity index (χ4v) is 1.91. The maximum atomic E-state index is 12.0. The van der Waals surface area contributed by atoms with Crippen LogP contribution in [0.4, 0.5) is 5.69 Å². The number of nitrogens with two attached hydrogens (primary N) is 1. The highest BCUT2D eigenvalue weighted by molar-refractivity contribution is 5.95. The molecular weight excluding hydrogens is 288 g/mol. The molecule has 5 nitrogen and oxygen atoms in total. The van der Waals surface area contributed by atoms with E-state index in [0.717, 1.165) is 17.1 Å². The number of hydrogen-bond acceptors (Lipinski definition) is 3. The third-order valence-electron chi connectivity index (χ3n) is 3.23. The first-order valence-corrected chi connectivity index (χ1v) is 6.63. The molecule has 0 aliphatic carbocycles. The van der Waals surface area contributed by atoms with Crippen molar-refractivity contribution >= 4 is 24.0 Å². The molecule has 1 aromatic carbocycles. The number of nitrogens with one attached hydrogen (secondary N) is 1. The number of halogens is 1. The van der Waals surface area contributed by atoms with Gasteiger partial charge in [-0.25, -0.2) is 4.98 Å². The first-order valence-electron chi connectivity index (χ1n) is 6.63. The van der Waals surface area contributed by atoms with E-state index in [4.69, 9.17) is 5.73 Å². The van der Waals surface area contributed by atoms with Crippen molar-refractivity contribution in [1.82, 2.24) is 9.55 Å². The zero-order valence-corrected chi connectivity index (χ0v) is 13.2. The molecule has 114 valence electrons. The number of carbonyl (C=O) groups excluding carboxylic acids is 1. The van der Waals surface area contributed by atoms with E-state index in [2.05, 4.69) is 10.3 Å². The van der Waals surface area contributed by atoms with Gasteiger partial charge in [-0.3, -0.25) is 4.79 Å². The average Bonchev–Trinajstić information content (AvgIpc) is 2.84. The highest BCUT2D eigenvalue weighted by atomic mass is 35.5. The normalized spacial score (nSPS) is 11.9. The molecule has 6 heteroatoms. The lowest BCUT2D eigenvalue weighted by atomic mass is 10.0. The molecule has 1 atom stereocenters. The maximum Gasteiger partial charge on any atom is 0.241 e. The van der Waals surface area contributed by atoms with E-state index in [9.17, 15) is 4.79 Å². The number of rotatable bonds is 4. The zero-order valence-electron chi connectivity index (χ0n) is 12.4. The smallest absolute Gasteiger partial charge is 0.241 e. The Balaban J connectivity index is 0.00000220. The maximum absolute atomic E-state index is 12.0. The van der Waals surface area contributed by atoms with Crippen LogP contribution < -0.4 is 11.1 Å². The van der Waals surface area contributed by atoms with Crippen LogP contribution in [0, 0.1) is 5.92 Å².